The van der Waals surface area contributed by atoms with Crippen LogP contribution in [0.4, 0.5) is 0 Å². The van der Waals surface area contributed by atoms with Gasteiger partial charge in [-0.3, -0.25) is 33.6 Å². The van der Waals surface area contributed by atoms with Crippen LogP contribution < -0.4 is 32.3 Å². The molecule has 18 nitrogen and oxygen atoms in total. The second-order valence-corrected chi connectivity index (χ2v) is 15.2. The number of carbonyl (C=O) groups excluding carboxylic acids is 7. The number of hydrogen-bond acceptors (Lipinski definition) is 9. The smallest absolute Gasteiger partial charge is 0.326 e. The topological polar surface area (TPSA) is 282 Å². The molecule has 0 bridgehead atoms. The molecule has 3 rings (SSSR count). The Morgan fingerprint density at radius 2 is 1.47 bits per heavy atom. The van der Waals surface area contributed by atoms with Gasteiger partial charge >= 0.3 is 5.97 Å². The van der Waals surface area contributed by atoms with Gasteiger partial charge in [0.25, 0.3) is 0 Å². The van der Waals surface area contributed by atoms with E-state index in [2.05, 4.69) is 31.6 Å². The number of H-pyrrole nitrogens is 1. The molecule has 1 aliphatic heterocycles. The number of aliphatic carboxylic acids is 1. The first-order chi connectivity index (χ1) is 26.8. The number of aromatic nitrogens is 1. The van der Waals surface area contributed by atoms with Crippen LogP contribution in [-0.2, 0) is 44.8 Å². The summed E-state index contributed by atoms with van der Waals surface area (Å²) in [6.07, 6.45) is 1.08. The minimum Gasteiger partial charge on any atom is -0.480 e. The number of nitrogens with one attached hydrogen (secondary N) is 6. The van der Waals surface area contributed by atoms with E-state index in [-0.39, 0.29) is 37.5 Å². The summed E-state index contributed by atoms with van der Waals surface area (Å²) < 4.78 is 0. The van der Waals surface area contributed by atoms with Gasteiger partial charge in [-0.25, -0.2) is 4.79 Å². The molecule has 8 atom stereocenters. The lowest BCUT2D eigenvalue weighted by Gasteiger charge is -2.30. The molecule has 10 N–H and O–H groups in total. The number of amides is 7. The fraction of sp³-hybridized carbons (Fsp3) is 0.590. The summed E-state index contributed by atoms with van der Waals surface area (Å²) in [4.78, 5) is 109. The van der Waals surface area contributed by atoms with Gasteiger partial charge in [-0.1, -0.05) is 52.3 Å². The number of para-hydroxylation sites is 1. The first-order valence-corrected chi connectivity index (χ1v) is 19.4. The summed E-state index contributed by atoms with van der Waals surface area (Å²) in [6.45, 7) is 9.98. The van der Waals surface area contributed by atoms with Crippen LogP contribution in [0.1, 0.15) is 85.6 Å². The molecule has 0 radical (unpaired) electrons. The van der Waals surface area contributed by atoms with E-state index in [4.69, 9.17) is 5.73 Å². The molecular weight excluding hydrogens is 740 g/mol. The van der Waals surface area contributed by atoms with E-state index in [0.717, 1.165) is 10.9 Å². The third-order valence-electron chi connectivity index (χ3n) is 10.2. The number of aliphatic hydroxyl groups excluding tert-OH is 1. The van der Waals surface area contributed by atoms with Crippen LogP contribution in [0.3, 0.4) is 0 Å². The van der Waals surface area contributed by atoms with Crippen molar-refractivity contribution in [1.29, 1.82) is 0 Å². The summed E-state index contributed by atoms with van der Waals surface area (Å²) in [7, 11) is 0. The molecule has 2 heterocycles. The first kappa shape index (κ1) is 45.9. The fourth-order valence-corrected chi connectivity index (χ4v) is 6.80. The number of carbonyl (C=O) groups is 8. The highest BCUT2D eigenvalue weighted by atomic mass is 16.4. The van der Waals surface area contributed by atoms with Gasteiger partial charge in [-0.15, -0.1) is 0 Å². The molecule has 1 aromatic heterocycles. The Kier molecular flexibility index (Phi) is 17.0. The maximum Gasteiger partial charge on any atom is 0.326 e. The number of likely N-dealkylation sites (tertiary alicyclic amines) is 1. The molecule has 18 heteroatoms. The average Bonchev–Trinajstić information content (AvgIpc) is 3.81. The quantitative estimate of drug-likeness (QED) is 0.0813. The normalized spacial score (nSPS) is 17.7. The van der Waals surface area contributed by atoms with Crippen molar-refractivity contribution in [2.45, 2.75) is 129 Å². The van der Waals surface area contributed by atoms with Gasteiger partial charge in [0.2, 0.25) is 41.4 Å². The number of carboxylic acid groups (broad SMARTS) is 1. The van der Waals surface area contributed by atoms with E-state index in [9.17, 15) is 48.6 Å². The monoisotopic (exact) mass is 798 g/mol. The van der Waals surface area contributed by atoms with Crippen LogP contribution in [0.25, 0.3) is 10.9 Å². The summed E-state index contributed by atoms with van der Waals surface area (Å²) >= 11 is 0. The van der Waals surface area contributed by atoms with Crippen molar-refractivity contribution < 1.29 is 48.6 Å². The van der Waals surface area contributed by atoms with Crippen LogP contribution in [0, 0.1) is 11.8 Å². The molecule has 1 aliphatic rings. The lowest BCUT2D eigenvalue weighted by Crippen LogP contribution is -2.62. The number of aromatic amines is 1. The SMILES string of the molecule is CC[C@H](C)[C@H](NC(=O)[C@H](CCC(N)=O)NC(=O)[C@@H]1CCCN1C(C)=O)C(=O)N[C@H](C(=O)N[C@@H](CC(C)C)C(=O)N[C@@H](Cc1c[nH]c2ccccc12)C(=O)O)[C@@H](C)O. The largest absolute Gasteiger partial charge is 0.480 e. The van der Waals surface area contributed by atoms with Crippen molar-refractivity contribution in [3.63, 3.8) is 0 Å². The van der Waals surface area contributed by atoms with Crippen LogP contribution in [-0.4, -0.2) is 116 Å². The predicted octanol–water partition coefficient (Wildman–Crippen LogP) is -0.0316. The van der Waals surface area contributed by atoms with Gasteiger partial charge in [0.05, 0.1) is 6.10 Å². The molecule has 0 spiro atoms. The van der Waals surface area contributed by atoms with Gasteiger partial charge in [-0.05, 0) is 56.1 Å². The molecular formula is C39H58N8O10. The highest BCUT2D eigenvalue weighted by Gasteiger charge is 2.38. The summed E-state index contributed by atoms with van der Waals surface area (Å²) in [5.41, 5.74) is 6.79. The van der Waals surface area contributed by atoms with Crippen molar-refractivity contribution >= 4 is 58.2 Å². The van der Waals surface area contributed by atoms with Crippen molar-refractivity contribution in [3.8, 4) is 0 Å². The number of nitrogens with zero attached hydrogens (tertiary/aromatic N) is 1. The number of primary amides is 1. The molecule has 2 aromatic rings. The molecule has 314 valence electrons. The molecule has 0 saturated carbocycles. The van der Waals surface area contributed by atoms with Gasteiger partial charge < -0.3 is 52.4 Å². The Hall–Kier alpha value is -5.52. The third kappa shape index (κ3) is 13.0. The van der Waals surface area contributed by atoms with Crippen molar-refractivity contribution in [2.24, 2.45) is 17.6 Å². The van der Waals surface area contributed by atoms with Crippen LogP contribution in [0.5, 0.6) is 0 Å². The minimum absolute atomic E-state index is 0.0486. The molecule has 7 amide bonds. The highest BCUT2D eigenvalue weighted by molar-refractivity contribution is 5.97. The van der Waals surface area contributed by atoms with Crippen molar-refractivity contribution in [1.82, 2.24) is 36.5 Å². The lowest BCUT2D eigenvalue weighted by molar-refractivity contribution is -0.142. The Morgan fingerprint density at radius 3 is 2.07 bits per heavy atom. The number of aliphatic hydroxyl groups is 1. The zero-order valence-electron chi connectivity index (χ0n) is 33.4. The number of fused-ring (bicyclic) bond motifs is 1. The zero-order chi connectivity index (χ0) is 42.6. The second kappa shape index (κ2) is 21.1. The van der Waals surface area contributed by atoms with Crippen LogP contribution in [0.2, 0.25) is 0 Å². The molecule has 0 unspecified atom stereocenters. The Balaban J connectivity index is 1.77. The first-order valence-electron chi connectivity index (χ1n) is 19.4. The van der Waals surface area contributed by atoms with E-state index in [1.807, 2.05) is 24.3 Å². The average molecular weight is 799 g/mol. The number of rotatable bonds is 21. The second-order valence-electron chi connectivity index (χ2n) is 15.2. The Morgan fingerprint density at radius 1 is 0.860 bits per heavy atom. The van der Waals surface area contributed by atoms with Crippen molar-refractivity contribution in [3.05, 3.63) is 36.0 Å². The Labute approximate surface area is 331 Å². The molecule has 0 aliphatic carbocycles. The lowest BCUT2D eigenvalue weighted by atomic mass is 9.96. The van der Waals surface area contributed by atoms with E-state index in [1.165, 1.54) is 18.7 Å². The van der Waals surface area contributed by atoms with Gasteiger partial charge in [0.15, 0.2) is 0 Å². The maximum atomic E-state index is 13.8. The zero-order valence-corrected chi connectivity index (χ0v) is 33.4. The standard InChI is InChI=1S/C39H58N8O10/c1-7-21(4)32(45-34(51)27(14-15-31(40)50)42-36(53)30-13-10-16-47(30)23(6)49)37(54)46-33(22(5)48)38(55)43-28(17-20(2)3)35(52)44-29(39(56)57)18-24-19-41-26-12-9-8-11-25(24)26/h8-9,11-12,19-22,27-30,32-33,41,48H,7,10,13-18H2,1-6H3,(H2,40,50)(H,42,53)(H,43,55)(H,44,52)(H,45,51)(H,46,54)(H,56,57)/t21-,22+,27-,28-,29-,30-,32-,33-/m0/s1. The van der Waals surface area contributed by atoms with Gasteiger partial charge in [0.1, 0.15) is 36.3 Å². The number of carboxylic acids is 1. The van der Waals surface area contributed by atoms with Gasteiger partial charge in [-0.2, -0.15) is 0 Å². The summed E-state index contributed by atoms with van der Waals surface area (Å²) in [5.74, 6) is -7.00. The van der Waals surface area contributed by atoms with E-state index in [1.54, 1.807) is 33.9 Å². The van der Waals surface area contributed by atoms with Crippen LogP contribution in [0.15, 0.2) is 30.5 Å². The van der Waals surface area contributed by atoms with E-state index in [0.29, 0.717) is 31.4 Å². The van der Waals surface area contributed by atoms with E-state index < -0.39 is 89.7 Å². The number of benzene rings is 1. The predicted molar refractivity (Wildman–Crippen MR) is 209 cm³/mol. The van der Waals surface area contributed by atoms with Gasteiger partial charge in [0, 0.05) is 43.4 Å². The van der Waals surface area contributed by atoms with E-state index >= 15 is 0 Å². The number of nitrogens with two attached hydrogens (primary N) is 1. The molecule has 1 aromatic carbocycles. The fourth-order valence-electron chi connectivity index (χ4n) is 6.80. The number of hydrogen-bond donors (Lipinski definition) is 9. The third-order valence-corrected chi connectivity index (χ3v) is 10.2. The summed E-state index contributed by atoms with van der Waals surface area (Å²) in [5, 5.41) is 34.3. The Bertz CT molecular complexity index is 1780. The highest BCUT2D eigenvalue weighted by Crippen LogP contribution is 2.20. The molecule has 57 heavy (non-hydrogen) atoms. The summed E-state index contributed by atoms with van der Waals surface area (Å²) in [6, 6.07) is -0.332. The molecule has 1 fully saturated rings. The minimum atomic E-state index is -1.62. The maximum absolute atomic E-state index is 13.8. The molecule has 1 saturated heterocycles. The van der Waals surface area contributed by atoms with Crippen molar-refractivity contribution in [2.75, 3.05) is 6.54 Å². The van der Waals surface area contributed by atoms with Crippen LogP contribution >= 0.6 is 0 Å².